The van der Waals surface area contributed by atoms with Gasteiger partial charge >= 0.3 is 0 Å². The maximum Gasteiger partial charge on any atom is 0.189 e. The van der Waals surface area contributed by atoms with Crippen molar-refractivity contribution in [3.8, 4) is 39.3 Å². The summed E-state index contributed by atoms with van der Waals surface area (Å²) in [6, 6.07) is 33.1. The minimum Gasteiger partial charge on any atom is -0.331 e. The van der Waals surface area contributed by atoms with Crippen LogP contribution in [0.5, 0.6) is 0 Å². The molecule has 0 saturated heterocycles. The van der Waals surface area contributed by atoms with Crippen LogP contribution in [0.2, 0.25) is 0 Å². The molecule has 0 radical (unpaired) electrons. The SMILES string of the molecule is Cc1nc2cccc(-c3nnnn3-c3c(-c4ccccc4)cccc3-c3ccccc3)c2n1C. The molecule has 0 spiro atoms. The Labute approximate surface area is 197 Å². The molecule has 0 saturated carbocycles. The lowest BCUT2D eigenvalue weighted by Crippen LogP contribution is -2.05. The molecular weight excluding hydrogens is 420 g/mol. The Morgan fingerprint density at radius 2 is 1.24 bits per heavy atom. The van der Waals surface area contributed by atoms with E-state index in [4.69, 9.17) is 4.98 Å². The molecule has 6 aromatic rings. The molecule has 164 valence electrons. The summed E-state index contributed by atoms with van der Waals surface area (Å²) >= 11 is 0. The highest BCUT2D eigenvalue weighted by Crippen LogP contribution is 2.37. The van der Waals surface area contributed by atoms with E-state index < -0.39 is 0 Å². The van der Waals surface area contributed by atoms with E-state index in [0.29, 0.717) is 5.82 Å². The molecule has 4 aromatic carbocycles. The first-order valence-corrected chi connectivity index (χ1v) is 11.2. The van der Waals surface area contributed by atoms with Crippen LogP contribution < -0.4 is 0 Å². The van der Waals surface area contributed by atoms with Crippen molar-refractivity contribution in [1.82, 2.24) is 29.8 Å². The van der Waals surface area contributed by atoms with Crippen LogP contribution in [0, 0.1) is 6.92 Å². The van der Waals surface area contributed by atoms with Crippen LogP contribution in [-0.2, 0) is 7.05 Å². The van der Waals surface area contributed by atoms with E-state index in [1.165, 1.54) is 0 Å². The molecule has 34 heavy (non-hydrogen) atoms. The van der Waals surface area contributed by atoms with Crippen molar-refractivity contribution >= 4 is 11.0 Å². The topological polar surface area (TPSA) is 61.4 Å². The van der Waals surface area contributed by atoms with E-state index in [0.717, 1.165) is 50.4 Å². The molecule has 0 aliphatic heterocycles. The van der Waals surface area contributed by atoms with Gasteiger partial charge in [-0.2, -0.15) is 4.68 Å². The predicted octanol–water partition coefficient (Wildman–Crippen LogP) is 5.86. The molecule has 0 atom stereocenters. The second-order valence-electron chi connectivity index (χ2n) is 8.24. The Hall–Kier alpha value is -4.58. The molecule has 6 heteroatoms. The Kier molecular flexibility index (Phi) is 4.77. The average Bonchev–Trinajstić information content (AvgIpc) is 3.49. The zero-order valence-corrected chi connectivity index (χ0v) is 18.9. The standard InChI is InChI=1S/C28H22N6/c1-19-29-25-18-10-17-24(27(25)33(19)2)28-30-31-32-34(28)26-22(20-11-5-3-6-12-20)15-9-16-23(26)21-13-7-4-8-14-21/h3-18H,1-2H3. The Bertz CT molecular complexity index is 1560. The summed E-state index contributed by atoms with van der Waals surface area (Å²) < 4.78 is 3.95. The molecular formula is C28H22N6. The maximum atomic E-state index is 4.70. The molecule has 2 heterocycles. The van der Waals surface area contributed by atoms with Gasteiger partial charge in [0, 0.05) is 23.7 Å². The quantitative estimate of drug-likeness (QED) is 0.343. The van der Waals surface area contributed by atoms with Crippen LogP contribution in [0.3, 0.4) is 0 Å². The third kappa shape index (κ3) is 3.19. The maximum absolute atomic E-state index is 4.70. The van der Waals surface area contributed by atoms with Gasteiger partial charge in [0.25, 0.3) is 0 Å². The van der Waals surface area contributed by atoms with Gasteiger partial charge in [0.2, 0.25) is 0 Å². The van der Waals surface area contributed by atoms with Crippen molar-refractivity contribution in [2.45, 2.75) is 6.92 Å². The second-order valence-corrected chi connectivity index (χ2v) is 8.24. The molecule has 0 bridgehead atoms. The summed E-state index contributed by atoms with van der Waals surface area (Å²) in [7, 11) is 2.02. The zero-order chi connectivity index (χ0) is 23.1. The van der Waals surface area contributed by atoms with E-state index in [9.17, 15) is 0 Å². The number of aryl methyl sites for hydroxylation is 2. The summed E-state index contributed by atoms with van der Waals surface area (Å²) in [5.41, 5.74) is 8.13. The molecule has 0 aliphatic carbocycles. The lowest BCUT2D eigenvalue weighted by Gasteiger charge is -2.17. The normalized spacial score (nSPS) is 11.2. The third-order valence-electron chi connectivity index (χ3n) is 6.25. The van der Waals surface area contributed by atoms with Crippen molar-refractivity contribution in [1.29, 1.82) is 0 Å². The number of aromatic nitrogens is 6. The molecule has 2 aromatic heterocycles. The third-order valence-corrected chi connectivity index (χ3v) is 6.25. The number of tetrazole rings is 1. The minimum absolute atomic E-state index is 0.675. The van der Waals surface area contributed by atoms with Crippen molar-refractivity contribution < 1.29 is 0 Å². The van der Waals surface area contributed by atoms with Crippen molar-refractivity contribution in [2.75, 3.05) is 0 Å². The van der Waals surface area contributed by atoms with Crippen molar-refractivity contribution in [3.63, 3.8) is 0 Å². The molecule has 0 unspecified atom stereocenters. The first-order valence-electron chi connectivity index (χ1n) is 11.2. The van der Waals surface area contributed by atoms with E-state index in [-0.39, 0.29) is 0 Å². The van der Waals surface area contributed by atoms with Gasteiger partial charge in [0.05, 0.1) is 16.7 Å². The van der Waals surface area contributed by atoms with Gasteiger partial charge in [-0.3, -0.25) is 0 Å². The second kappa shape index (κ2) is 8.08. The smallest absolute Gasteiger partial charge is 0.189 e. The predicted molar refractivity (Wildman–Crippen MR) is 134 cm³/mol. The molecule has 0 fully saturated rings. The number of para-hydroxylation sites is 2. The first kappa shape index (κ1) is 20.1. The Morgan fingerprint density at radius 3 is 1.88 bits per heavy atom. The van der Waals surface area contributed by atoms with E-state index in [1.807, 2.05) is 67.2 Å². The summed E-state index contributed by atoms with van der Waals surface area (Å²) in [4.78, 5) is 4.70. The number of fused-ring (bicyclic) bond motifs is 1. The van der Waals surface area contributed by atoms with Crippen LogP contribution >= 0.6 is 0 Å². The van der Waals surface area contributed by atoms with Gasteiger partial charge in [0.1, 0.15) is 5.82 Å². The molecule has 6 nitrogen and oxygen atoms in total. The molecule has 0 N–H and O–H groups in total. The van der Waals surface area contributed by atoms with E-state index in [1.54, 1.807) is 0 Å². The molecule has 0 aliphatic rings. The monoisotopic (exact) mass is 442 g/mol. The van der Waals surface area contributed by atoms with E-state index >= 15 is 0 Å². The van der Waals surface area contributed by atoms with Crippen LogP contribution in [0.25, 0.3) is 50.4 Å². The summed E-state index contributed by atoms with van der Waals surface area (Å²) in [5, 5.41) is 13.1. The average molecular weight is 443 g/mol. The fourth-order valence-corrected chi connectivity index (χ4v) is 4.54. The number of nitrogens with zero attached hydrogens (tertiary/aromatic N) is 6. The molecule has 6 rings (SSSR count). The van der Waals surface area contributed by atoms with Gasteiger partial charge in [0.15, 0.2) is 5.82 Å². The highest BCUT2D eigenvalue weighted by Gasteiger charge is 2.22. The van der Waals surface area contributed by atoms with Crippen LogP contribution in [0.4, 0.5) is 0 Å². The zero-order valence-electron chi connectivity index (χ0n) is 18.9. The number of hydrogen-bond acceptors (Lipinski definition) is 4. The summed E-state index contributed by atoms with van der Waals surface area (Å²) in [6.07, 6.45) is 0. The Balaban J connectivity index is 1.67. The van der Waals surface area contributed by atoms with Gasteiger partial charge in [-0.05, 0) is 40.6 Å². The van der Waals surface area contributed by atoms with Crippen LogP contribution in [-0.4, -0.2) is 29.8 Å². The fourth-order valence-electron chi connectivity index (χ4n) is 4.54. The Morgan fingerprint density at radius 1 is 0.647 bits per heavy atom. The van der Waals surface area contributed by atoms with Crippen LogP contribution in [0.15, 0.2) is 97.1 Å². The van der Waals surface area contributed by atoms with Gasteiger partial charge < -0.3 is 4.57 Å². The first-order chi connectivity index (χ1) is 16.7. The lowest BCUT2D eigenvalue weighted by atomic mass is 9.95. The lowest BCUT2D eigenvalue weighted by molar-refractivity contribution is 0.793. The van der Waals surface area contributed by atoms with Gasteiger partial charge in [-0.25, -0.2) is 4.98 Å². The number of imidazole rings is 1. The number of rotatable bonds is 4. The number of hydrogen-bond donors (Lipinski definition) is 0. The highest BCUT2D eigenvalue weighted by molar-refractivity contribution is 5.92. The van der Waals surface area contributed by atoms with E-state index in [2.05, 4.69) is 68.6 Å². The van der Waals surface area contributed by atoms with Gasteiger partial charge in [-0.1, -0.05) is 84.9 Å². The highest BCUT2D eigenvalue weighted by atomic mass is 15.5. The fraction of sp³-hybridized carbons (Fsp3) is 0.0714. The van der Waals surface area contributed by atoms with Crippen molar-refractivity contribution in [2.24, 2.45) is 7.05 Å². The van der Waals surface area contributed by atoms with Crippen molar-refractivity contribution in [3.05, 3.63) is 103 Å². The number of benzene rings is 4. The summed E-state index contributed by atoms with van der Waals surface area (Å²) in [6.45, 7) is 2.00. The minimum atomic E-state index is 0.675. The van der Waals surface area contributed by atoms with Crippen LogP contribution in [0.1, 0.15) is 5.82 Å². The summed E-state index contributed by atoms with van der Waals surface area (Å²) in [5.74, 6) is 1.62. The molecule has 0 amide bonds. The largest absolute Gasteiger partial charge is 0.331 e. The van der Waals surface area contributed by atoms with Gasteiger partial charge in [-0.15, -0.1) is 5.10 Å².